The van der Waals surface area contributed by atoms with E-state index in [9.17, 15) is 9.59 Å². The second-order valence-corrected chi connectivity index (χ2v) is 4.81. The Balaban J connectivity index is 2.08. The summed E-state index contributed by atoms with van der Waals surface area (Å²) >= 11 is 0. The van der Waals surface area contributed by atoms with Crippen molar-refractivity contribution in [2.24, 2.45) is 0 Å². The molecular formula is C15H16N2O4. The Kier molecular flexibility index (Phi) is 4.37. The lowest BCUT2D eigenvalue weighted by Crippen LogP contribution is -2.19. The Hall–Kier alpha value is -2.63. The highest BCUT2D eigenvalue weighted by Crippen LogP contribution is 2.19. The lowest BCUT2D eigenvalue weighted by atomic mass is 10.1. The van der Waals surface area contributed by atoms with E-state index >= 15 is 0 Å². The number of hydrogen-bond acceptors (Lipinski definition) is 4. The number of hydrogen-bond donors (Lipinski definition) is 2. The standard InChI is InChI=1S/C15H16N2O4/c1-9-3-4-12(10(2)5-9)21-8-13-16-7-11(6-14(18)19)15(20)17-13/h3-5,7H,6,8H2,1-2H3,(H,18,19)(H,16,17,20). The van der Waals surface area contributed by atoms with E-state index in [0.29, 0.717) is 5.82 Å². The number of aromatic amines is 1. The average molecular weight is 288 g/mol. The van der Waals surface area contributed by atoms with E-state index in [4.69, 9.17) is 9.84 Å². The minimum absolute atomic E-state index is 0.118. The summed E-state index contributed by atoms with van der Waals surface area (Å²) in [6, 6.07) is 5.80. The minimum atomic E-state index is -1.07. The molecule has 0 amide bonds. The average Bonchev–Trinajstić information content (AvgIpc) is 2.40. The fraction of sp³-hybridized carbons (Fsp3) is 0.267. The normalized spacial score (nSPS) is 10.4. The lowest BCUT2D eigenvalue weighted by Gasteiger charge is -2.09. The zero-order valence-corrected chi connectivity index (χ0v) is 11.8. The molecule has 0 bridgehead atoms. The summed E-state index contributed by atoms with van der Waals surface area (Å²) in [6.45, 7) is 4.05. The maximum Gasteiger partial charge on any atom is 0.308 e. The first kappa shape index (κ1) is 14.8. The first-order chi connectivity index (χ1) is 9.95. The molecule has 110 valence electrons. The smallest absolute Gasteiger partial charge is 0.308 e. The first-order valence-electron chi connectivity index (χ1n) is 6.44. The topological polar surface area (TPSA) is 92.3 Å². The van der Waals surface area contributed by atoms with Gasteiger partial charge in [0.25, 0.3) is 5.56 Å². The SMILES string of the molecule is Cc1ccc(OCc2ncc(CC(=O)O)c(=O)[nH]2)c(C)c1. The molecule has 0 spiro atoms. The molecule has 1 aromatic carbocycles. The van der Waals surface area contributed by atoms with Crippen LogP contribution in [-0.4, -0.2) is 21.0 Å². The summed E-state index contributed by atoms with van der Waals surface area (Å²) in [4.78, 5) is 28.8. The van der Waals surface area contributed by atoms with Gasteiger partial charge in [0, 0.05) is 11.8 Å². The zero-order valence-electron chi connectivity index (χ0n) is 11.8. The van der Waals surface area contributed by atoms with Gasteiger partial charge in [-0.1, -0.05) is 17.7 Å². The van der Waals surface area contributed by atoms with Gasteiger partial charge in [-0.3, -0.25) is 9.59 Å². The largest absolute Gasteiger partial charge is 0.485 e. The van der Waals surface area contributed by atoms with E-state index in [0.717, 1.165) is 16.9 Å². The van der Waals surface area contributed by atoms with Crippen molar-refractivity contribution in [2.45, 2.75) is 26.9 Å². The number of H-pyrrole nitrogens is 1. The number of carboxylic acids is 1. The Morgan fingerprint density at radius 3 is 2.76 bits per heavy atom. The third-order valence-corrected chi connectivity index (χ3v) is 2.96. The van der Waals surface area contributed by atoms with Gasteiger partial charge >= 0.3 is 5.97 Å². The Morgan fingerprint density at radius 1 is 1.38 bits per heavy atom. The van der Waals surface area contributed by atoms with Crippen molar-refractivity contribution in [1.29, 1.82) is 0 Å². The summed E-state index contributed by atoms with van der Waals surface area (Å²) in [5.74, 6) is 0.00792. The number of aromatic nitrogens is 2. The Labute approximate surface area is 121 Å². The fourth-order valence-corrected chi connectivity index (χ4v) is 1.93. The van der Waals surface area contributed by atoms with E-state index in [1.165, 1.54) is 6.20 Å². The van der Waals surface area contributed by atoms with Crippen LogP contribution in [0.5, 0.6) is 5.75 Å². The number of aryl methyl sites for hydroxylation is 2. The fourth-order valence-electron chi connectivity index (χ4n) is 1.93. The van der Waals surface area contributed by atoms with Gasteiger partial charge in [0.05, 0.1) is 6.42 Å². The third-order valence-electron chi connectivity index (χ3n) is 2.96. The van der Waals surface area contributed by atoms with Crippen LogP contribution in [0.15, 0.2) is 29.2 Å². The van der Waals surface area contributed by atoms with Gasteiger partial charge in [0.2, 0.25) is 0 Å². The van der Waals surface area contributed by atoms with Crippen LogP contribution in [0.4, 0.5) is 0 Å². The van der Waals surface area contributed by atoms with Gasteiger partial charge < -0.3 is 14.8 Å². The molecule has 0 aliphatic heterocycles. The van der Waals surface area contributed by atoms with Crippen LogP contribution < -0.4 is 10.3 Å². The van der Waals surface area contributed by atoms with E-state index < -0.39 is 11.5 Å². The van der Waals surface area contributed by atoms with Crippen molar-refractivity contribution in [3.63, 3.8) is 0 Å². The van der Waals surface area contributed by atoms with E-state index in [-0.39, 0.29) is 18.6 Å². The maximum absolute atomic E-state index is 11.7. The number of nitrogens with zero attached hydrogens (tertiary/aromatic N) is 1. The molecule has 0 radical (unpaired) electrons. The van der Waals surface area contributed by atoms with Gasteiger partial charge in [-0.25, -0.2) is 4.98 Å². The van der Waals surface area contributed by atoms with Crippen LogP contribution in [0.3, 0.4) is 0 Å². The molecule has 1 heterocycles. The monoisotopic (exact) mass is 288 g/mol. The molecule has 0 saturated carbocycles. The number of benzene rings is 1. The molecule has 0 fully saturated rings. The lowest BCUT2D eigenvalue weighted by molar-refractivity contribution is -0.136. The highest BCUT2D eigenvalue weighted by Gasteiger charge is 2.08. The van der Waals surface area contributed by atoms with Crippen LogP contribution >= 0.6 is 0 Å². The number of ether oxygens (including phenoxy) is 1. The maximum atomic E-state index is 11.7. The van der Waals surface area contributed by atoms with Gasteiger partial charge in [-0.05, 0) is 25.5 Å². The predicted octanol–water partition coefficient (Wildman–Crippen LogP) is 1.59. The Morgan fingerprint density at radius 2 is 2.14 bits per heavy atom. The quantitative estimate of drug-likeness (QED) is 0.871. The van der Waals surface area contributed by atoms with E-state index in [2.05, 4.69) is 9.97 Å². The zero-order chi connectivity index (χ0) is 15.4. The number of aliphatic carboxylic acids is 1. The molecule has 2 rings (SSSR count). The molecule has 0 aliphatic carbocycles. The number of rotatable bonds is 5. The molecule has 21 heavy (non-hydrogen) atoms. The molecular weight excluding hydrogens is 272 g/mol. The van der Waals surface area contributed by atoms with Crippen LogP contribution in [-0.2, 0) is 17.8 Å². The highest BCUT2D eigenvalue weighted by atomic mass is 16.5. The van der Waals surface area contributed by atoms with Gasteiger partial charge in [-0.2, -0.15) is 0 Å². The van der Waals surface area contributed by atoms with Crippen molar-refractivity contribution in [1.82, 2.24) is 9.97 Å². The number of carbonyl (C=O) groups is 1. The van der Waals surface area contributed by atoms with E-state index in [1.54, 1.807) is 0 Å². The van der Waals surface area contributed by atoms with Crippen LogP contribution in [0.1, 0.15) is 22.5 Å². The molecule has 0 aliphatic rings. The van der Waals surface area contributed by atoms with Gasteiger partial charge in [-0.15, -0.1) is 0 Å². The highest BCUT2D eigenvalue weighted by molar-refractivity contribution is 5.69. The van der Waals surface area contributed by atoms with Crippen LogP contribution in [0.2, 0.25) is 0 Å². The van der Waals surface area contributed by atoms with Crippen LogP contribution in [0.25, 0.3) is 0 Å². The van der Waals surface area contributed by atoms with Gasteiger partial charge in [0.1, 0.15) is 18.2 Å². The predicted molar refractivity (Wildman–Crippen MR) is 76.4 cm³/mol. The number of carboxylic acid groups (broad SMARTS) is 1. The van der Waals surface area contributed by atoms with Crippen LogP contribution in [0, 0.1) is 13.8 Å². The second-order valence-electron chi connectivity index (χ2n) is 4.81. The molecule has 2 N–H and O–H groups in total. The van der Waals surface area contributed by atoms with Crippen molar-refractivity contribution < 1.29 is 14.6 Å². The third kappa shape index (κ3) is 3.92. The van der Waals surface area contributed by atoms with Crippen molar-refractivity contribution in [2.75, 3.05) is 0 Å². The minimum Gasteiger partial charge on any atom is -0.485 e. The van der Waals surface area contributed by atoms with Crippen molar-refractivity contribution >= 4 is 5.97 Å². The number of nitrogens with one attached hydrogen (secondary N) is 1. The van der Waals surface area contributed by atoms with Gasteiger partial charge in [0.15, 0.2) is 0 Å². The molecule has 0 saturated heterocycles. The molecule has 0 atom stereocenters. The molecule has 0 unspecified atom stereocenters. The summed E-state index contributed by atoms with van der Waals surface area (Å²) < 4.78 is 5.60. The van der Waals surface area contributed by atoms with E-state index in [1.807, 2.05) is 32.0 Å². The molecule has 6 nitrogen and oxygen atoms in total. The summed E-state index contributed by atoms with van der Waals surface area (Å²) in [5, 5.41) is 8.66. The van der Waals surface area contributed by atoms with Crippen molar-refractivity contribution in [3.8, 4) is 5.75 Å². The summed E-state index contributed by atoms with van der Waals surface area (Å²) in [7, 11) is 0. The second kappa shape index (κ2) is 6.21. The molecule has 1 aromatic heterocycles. The molecule has 2 aromatic rings. The molecule has 6 heteroatoms. The first-order valence-corrected chi connectivity index (χ1v) is 6.44. The summed E-state index contributed by atoms with van der Waals surface area (Å²) in [5.41, 5.74) is 1.81. The Bertz CT molecular complexity index is 722. The van der Waals surface area contributed by atoms with Crippen molar-refractivity contribution in [3.05, 3.63) is 57.3 Å². The summed E-state index contributed by atoms with van der Waals surface area (Å²) in [6.07, 6.45) is 0.925.